The van der Waals surface area contributed by atoms with Crippen molar-refractivity contribution in [1.82, 2.24) is 9.88 Å². The van der Waals surface area contributed by atoms with Gasteiger partial charge in [0, 0.05) is 25.0 Å². The maximum absolute atomic E-state index is 12.4. The van der Waals surface area contributed by atoms with E-state index >= 15 is 0 Å². The Morgan fingerprint density at radius 1 is 1.29 bits per heavy atom. The minimum atomic E-state index is -0.705. The van der Waals surface area contributed by atoms with E-state index in [2.05, 4.69) is 29.0 Å². The second kappa shape index (κ2) is 11.1. The van der Waals surface area contributed by atoms with Gasteiger partial charge in [0.25, 0.3) is 0 Å². The number of amides is 1. The molecule has 1 amide bonds. The van der Waals surface area contributed by atoms with Crippen LogP contribution >= 0.6 is 36.2 Å². The van der Waals surface area contributed by atoms with Gasteiger partial charge >= 0.3 is 0 Å². The summed E-state index contributed by atoms with van der Waals surface area (Å²) in [6, 6.07) is 6.97. The molecule has 1 saturated heterocycles. The quantitative estimate of drug-likeness (QED) is 0.733. The molecule has 0 saturated carbocycles. The van der Waals surface area contributed by atoms with Gasteiger partial charge in [-0.1, -0.05) is 29.8 Å². The Kier molecular flexibility index (Phi) is 9.83. The van der Waals surface area contributed by atoms with E-state index < -0.39 is 6.04 Å². The molecule has 1 aliphatic heterocycles. The number of nitrogens with one attached hydrogen (secondary N) is 1. The van der Waals surface area contributed by atoms with Crippen molar-refractivity contribution in [1.29, 1.82) is 0 Å². The Bertz CT molecular complexity index is 747. The molecule has 0 spiro atoms. The van der Waals surface area contributed by atoms with Crippen molar-refractivity contribution in [3.8, 4) is 0 Å². The van der Waals surface area contributed by atoms with Crippen molar-refractivity contribution in [2.24, 2.45) is 5.73 Å². The Hall–Kier alpha value is -1.22. The van der Waals surface area contributed by atoms with E-state index in [0.29, 0.717) is 5.13 Å². The zero-order valence-corrected chi connectivity index (χ0v) is 18.7. The molecule has 6 nitrogen and oxygen atoms in total. The SMILES string of the molecule is Cc1ccc(C(N)C(=O)Nc2nc(CN3CC(C)OC(C)C3)cs2)cc1.Cl.Cl. The standard InChI is InChI=1S/C19H26N4O2S.2ClH/c1-12-4-6-15(7-5-12)17(20)18(24)22-19-21-16(11-26-19)10-23-8-13(2)25-14(3)9-23;;/h4-7,11,13-14,17H,8-10,20H2,1-3H3,(H,21,22,24);2*1H. The Morgan fingerprint density at radius 3 is 2.50 bits per heavy atom. The number of aromatic nitrogens is 1. The van der Waals surface area contributed by atoms with E-state index in [9.17, 15) is 4.79 Å². The number of hydrogen-bond donors (Lipinski definition) is 2. The number of carbonyl (C=O) groups excluding carboxylic acids is 1. The van der Waals surface area contributed by atoms with Gasteiger partial charge < -0.3 is 15.8 Å². The van der Waals surface area contributed by atoms with Crippen molar-refractivity contribution < 1.29 is 9.53 Å². The number of aryl methyl sites for hydroxylation is 1. The van der Waals surface area contributed by atoms with Gasteiger partial charge in [0.1, 0.15) is 6.04 Å². The Morgan fingerprint density at radius 2 is 1.89 bits per heavy atom. The highest BCUT2D eigenvalue weighted by Crippen LogP contribution is 2.21. The maximum Gasteiger partial charge on any atom is 0.247 e. The van der Waals surface area contributed by atoms with Crippen LogP contribution < -0.4 is 11.1 Å². The molecule has 3 N–H and O–H groups in total. The van der Waals surface area contributed by atoms with Crippen LogP contribution in [0, 0.1) is 6.92 Å². The summed E-state index contributed by atoms with van der Waals surface area (Å²) in [5.41, 5.74) is 8.95. The van der Waals surface area contributed by atoms with Crippen LogP contribution in [0.2, 0.25) is 0 Å². The lowest BCUT2D eigenvalue weighted by Gasteiger charge is -2.34. The first-order valence-electron chi connectivity index (χ1n) is 8.86. The van der Waals surface area contributed by atoms with Crippen LogP contribution in [0.25, 0.3) is 0 Å². The third kappa shape index (κ3) is 6.69. The van der Waals surface area contributed by atoms with Gasteiger partial charge in [-0.15, -0.1) is 36.2 Å². The third-order valence-electron chi connectivity index (χ3n) is 4.38. The number of morpholine rings is 1. The molecule has 1 aromatic heterocycles. The van der Waals surface area contributed by atoms with E-state index in [0.717, 1.165) is 36.5 Å². The van der Waals surface area contributed by atoms with Crippen LogP contribution in [0.5, 0.6) is 0 Å². The average Bonchev–Trinajstić information content (AvgIpc) is 3.00. The van der Waals surface area contributed by atoms with Gasteiger partial charge in [0.2, 0.25) is 5.91 Å². The molecule has 3 unspecified atom stereocenters. The van der Waals surface area contributed by atoms with Crippen molar-refractivity contribution in [3.05, 3.63) is 46.5 Å². The van der Waals surface area contributed by atoms with Crippen molar-refractivity contribution in [2.75, 3.05) is 18.4 Å². The van der Waals surface area contributed by atoms with Crippen molar-refractivity contribution in [3.63, 3.8) is 0 Å². The van der Waals surface area contributed by atoms with E-state index in [1.54, 1.807) is 0 Å². The average molecular weight is 447 g/mol. The molecule has 0 aliphatic carbocycles. The summed E-state index contributed by atoms with van der Waals surface area (Å²) in [5, 5.41) is 5.40. The smallest absolute Gasteiger partial charge is 0.247 e. The third-order valence-corrected chi connectivity index (χ3v) is 5.19. The number of carbonyl (C=O) groups is 1. The number of anilines is 1. The molecule has 0 radical (unpaired) electrons. The molecule has 2 heterocycles. The molecule has 1 aromatic carbocycles. The second-order valence-corrected chi connectivity index (χ2v) is 7.83. The molecular formula is C19H28Cl2N4O2S. The largest absolute Gasteiger partial charge is 0.373 e. The summed E-state index contributed by atoms with van der Waals surface area (Å²) >= 11 is 1.43. The van der Waals surface area contributed by atoms with Crippen LogP contribution in [0.4, 0.5) is 5.13 Å². The highest BCUT2D eigenvalue weighted by molar-refractivity contribution is 7.13. The topological polar surface area (TPSA) is 80.5 Å². The molecule has 3 rings (SSSR count). The zero-order valence-electron chi connectivity index (χ0n) is 16.3. The molecular weight excluding hydrogens is 419 g/mol. The Balaban J connectivity index is 0.00000196. The van der Waals surface area contributed by atoms with Gasteiger partial charge in [-0.3, -0.25) is 9.69 Å². The molecule has 2 aromatic rings. The summed E-state index contributed by atoms with van der Waals surface area (Å²) in [7, 11) is 0. The van der Waals surface area contributed by atoms with Crippen LogP contribution in [-0.4, -0.2) is 41.1 Å². The van der Waals surface area contributed by atoms with Gasteiger partial charge in [-0.05, 0) is 26.3 Å². The second-order valence-electron chi connectivity index (χ2n) is 6.97. The highest BCUT2D eigenvalue weighted by atomic mass is 35.5. The predicted molar refractivity (Wildman–Crippen MR) is 119 cm³/mol. The molecule has 3 atom stereocenters. The summed E-state index contributed by atoms with van der Waals surface area (Å²) in [6.07, 6.45) is 0.452. The number of ether oxygens (including phenoxy) is 1. The lowest BCUT2D eigenvalue weighted by atomic mass is 10.1. The van der Waals surface area contributed by atoms with E-state index in [4.69, 9.17) is 10.5 Å². The number of thiazole rings is 1. The van der Waals surface area contributed by atoms with Crippen LogP contribution in [0.1, 0.15) is 36.7 Å². The van der Waals surface area contributed by atoms with E-state index in [1.807, 2.05) is 36.6 Å². The summed E-state index contributed by atoms with van der Waals surface area (Å²) < 4.78 is 5.76. The minimum absolute atomic E-state index is 0. The number of nitrogens with two attached hydrogens (primary N) is 1. The van der Waals surface area contributed by atoms with Gasteiger partial charge in [0.15, 0.2) is 5.13 Å². The summed E-state index contributed by atoms with van der Waals surface area (Å²) in [6.45, 7) is 8.71. The molecule has 0 bridgehead atoms. The fourth-order valence-electron chi connectivity index (χ4n) is 3.19. The predicted octanol–water partition coefficient (Wildman–Crippen LogP) is 3.54. The van der Waals surface area contributed by atoms with Crippen molar-refractivity contribution >= 4 is 47.2 Å². The van der Waals surface area contributed by atoms with Crippen LogP contribution in [0.15, 0.2) is 29.6 Å². The van der Waals surface area contributed by atoms with Gasteiger partial charge in [-0.25, -0.2) is 4.98 Å². The first-order chi connectivity index (χ1) is 12.4. The number of halogens is 2. The summed E-state index contributed by atoms with van der Waals surface area (Å²) in [4.78, 5) is 19.3. The van der Waals surface area contributed by atoms with Gasteiger partial charge in [0.05, 0.1) is 17.9 Å². The molecule has 28 heavy (non-hydrogen) atoms. The lowest BCUT2D eigenvalue weighted by molar-refractivity contribution is -0.117. The number of rotatable bonds is 5. The number of benzene rings is 1. The van der Waals surface area contributed by atoms with Gasteiger partial charge in [-0.2, -0.15) is 0 Å². The minimum Gasteiger partial charge on any atom is -0.373 e. The zero-order chi connectivity index (χ0) is 18.7. The molecule has 1 fully saturated rings. The fraction of sp³-hybridized carbons (Fsp3) is 0.474. The number of nitrogens with zero attached hydrogens (tertiary/aromatic N) is 2. The highest BCUT2D eigenvalue weighted by Gasteiger charge is 2.23. The number of hydrogen-bond acceptors (Lipinski definition) is 6. The monoisotopic (exact) mass is 446 g/mol. The van der Waals surface area contributed by atoms with E-state index in [1.165, 1.54) is 11.3 Å². The normalized spacial score (nSPS) is 20.6. The molecule has 1 aliphatic rings. The van der Waals surface area contributed by atoms with Crippen LogP contribution in [-0.2, 0) is 16.1 Å². The first-order valence-corrected chi connectivity index (χ1v) is 9.74. The lowest BCUT2D eigenvalue weighted by Crippen LogP contribution is -2.44. The summed E-state index contributed by atoms with van der Waals surface area (Å²) in [5.74, 6) is -0.247. The molecule has 9 heteroatoms. The Labute approximate surface area is 182 Å². The first kappa shape index (κ1) is 24.8. The van der Waals surface area contributed by atoms with Crippen molar-refractivity contribution in [2.45, 2.75) is 45.6 Å². The van der Waals surface area contributed by atoms with Crippen LogP contribution in [0.3, 0.4) is 0 Å². The maximum atomic E-state index is 12.4. The fourth-order valence-corrected chi connectivity index (χ4v) is 3.89. The molecule has 156 valence electrons. The van der Waals surface area contributed by atoms with E-state index in [-0.39, 0.29) is 42.9 Å².